The maximum atomic E-state index is 12.6. The summed E-state index contributed by atoms with van der Waals surface area (Å²) in [5, 5.41) is 0.929. The molecule has 0 saturated carbocycles. The summed E-state index contributed by atoms with van der Waals surface area (Å²) < 4.78 is 37.8. The summed E-state index contributed by atoms with van der Waals surface area (Å²) in [6.07, 6.45) is -3.53. The molecule has 0 radical (unpaired) electrons. The van der Waals surface area contributed by atoms with Gasteiger partial charge in [0.15, 0.2) is 0 Å². The van der Waals surface area contributed by atoms with Gasteiger partial charge in [-0.3, -0.25) is 4.79 Å². The van der Waals surface area contributed by atoms with Crippen LogP contribution in [0.2, 0.25) is 0 Å². The van der Waals surface area contributed by atoms with Crippen LogP contribution < -0.4 is 0 Å². The zero-order chi connectivity index (χ0) is 18.8. The third kappa shape index (κ3) is 5.04. The molecule has 0 aliphatic carbocycles. The van der Waals surface area contributed by atoms with E-state index in [1.807, 2.05) is 0 Å². The molecule has 1 aromatic carbocycles. The van der Waals surface area contributed by atoms with E-state index < -0.39 is 11.7 Å². The van der Waals surface area contributed by atoms with E-state index >= 15 is 0 Å². The van der Waals surface area contributed by atoms with Crippen LogP contribution in [0.5, 0.6) is 0 Å². The number of carbonyl (C=O) groups excluding carboxylic acids is 1. The molecule has 0 saturated heterocycles. The third-order valence-corrected chi connectivity index (χ3v) is 4.83. The Labute approximate surface area is 149 Å². The second kappa shape index (κ2) is 7.56. The molecule has 0 spiro atoms. The van der Waals surface area contributed by atoms with E-state index in [1.165, 1.54) is 28.4 Å². The second-order valence-corrected chi connectivity index (χ2v) is 7.56. The van der Waals surface area contributed by atoms with E-state index in [4.69, 9.17) is 0 Å². The van der Waals surface area contributed by atoms with Gasteiger partial charge in [-0.25, -0.2) is 4.98 Å². The predicted octanol–water partition coefficient (Wildman–Crippen LogP) is 4.94. The molecule has 1 aromatic heterocycles. The summed E-state index contributed by atoms with van der Waals surface area (Å²) in [6.45, 7) is 6.23. The smallest absolute Gasteiger partial charge is 0.337 e. The molecular weight excluding hydrogens is 349 g/mol. The second-order valence-electron chi connectivity index (χ2n) is 6.48. The molecule has 0 aliphatic heterocycles. The first kappa shape index (κ1) is 19.4. The fraction of sp³-hybridized carbons (Fsp3) is 0.444. The maximum Gasteiger partial charge on any atom is 0.416 e. The van der Waals surface area contributed by atoms with Gasteiger partial charge in [0, 0.05) is 20.0 Å². The summed E-state index contributed by atoms with van der Waals surface area (Å²) in [5.74, 6) is 0.295. The Balaban J connectivity index is 2.09. The molecule has 2 rings (SSSR count). The van der Waals surface area contributed by atoms with Gasteiger partial charge in [0.25, 0.3) is 5.91 Å². The molecule has 0 fully saturated rings. The minimum Gasteiger partial charge on any atom is -0.337 e. The zero-order valence-electron chi connectivity index (χ0n) is 14.6. The lowest BCUT2D eigenvalue weighted by molar-refractivity contribution is -0.137. The lowest BCUT2D eigenvalue weighted by atomic mass is 10.1. The Hall–Kier alpha value is -1.89. The Kier molecular flexibility index (Phi) is 5.87. The highest BCUT2D eigenvalue weighted by Crippen LogP contribution is 2.29. The van der Waals surface area contributed by atoms with Crippen LogP contribution in [0.1, 0.15) is 45.3 Å². The van der Waals surface area contributed by atoms with E-state index in [-0.39, 0.29) is 12.5 Å². The molecule has 0 bridgehead atoms. The van der Waals surface area contributed by atoms with Crippen molar-refractivity contribution in [3.05, 3.63) is 51.0 Å². The van der Waals surface area contributed by atoms with Crippen molar-refractivity contribution < 1.29 is 18.0 Å². The van der Waals surface area contributed by atoms with Gasteiger partial charge in [-0.15, -0.1) is 11.3 Å². The van der Waals surface area contributed by atoms with Gasteiger partial charge in [0.05, 0.1) is 16.3 Å². The standard InChI is InChI=1S/C18H21F3N2OS/c1-11(2)9-15-22-12(3)16(25-15)17(24)23(4)10-13-5-7-14(8-6-13)18(19,20)21/h5-8,11H,9-10H2,1-4H3. The fourth-order valence-electron chi connectivity index (χ4n) is 2.41. The van der Waals surface area contributed by atoms with Crippen LogP contribution >= 0.6 is 11.3 Å². The van der Waals surface area contributed by atoms with Crippen molar-refractivity contribution in [2.75, 3.05) is 7.05 Å². The van der Waals surface area contributed by atoms with Crippen molar-refractivity contribution in [1.82, 2.24) is 9.88 Å². The lowest BCUT2D eigenvalue weighted by Crippen LogP contribution is -2.26. The predicted molar refractivity (Wildman–Crippen MR) is 92.6 cm³/mol. The number of hydrogen-bond donors (Lipinski definition) is 0. The molecule has 1 amide bonds. The van der Waals surface area contributed by atoms with Crippen molar-refractivity contribution in [3.63, 3.8) is 0 Å². The summed E-state index contributed by atoms with van der Waals surface area (Å²) >= 11 is 1.39. The number of rotatable bonds is 5. The average Bonchev–Trinajstić information content (AvgIpc) is 2.85. The number of aryl methyl sites for hydroxylation is 1. The molecule has 136 valence electrons. The van der Waals surface area contributed by atoms with Crippen molar-refractivity contribution in [3.8, 4) is 0 Å². The van der Waals surface area contributed by atoms with Crippen molar-refractivity contribution in [1.29, 1.82) is 0 Å². The Morgan fingerprint density at radius 2 is 1.84 bits per heavy atom. The van der Waals surface area contributed by atoms with Crippen LogP contribution in [-0.2, 0) is 19.1 Å². The number of carbonyl (C=O) groups is 1. The number of hydrogen-bond acceptors (Lipinski definition) is 3. The van der Waals surface area contributed by atoms with E-state index in [0.717, 1.165) is 23.6 Å². The van der Waals surface area contributed by atoms with Gasteiger partial charge in [0.1, 0.15) is 4.88 Å². The number of alkyl halides is 3. The van der Waals surface area contributed by atoms with Crippen LogP contribution in [0.15, 0.2) is 24.3 Å². The van der Waals surface area contributed by atoms with Crippen molar-refractivity contribution in [2.24, 2.45) is 5.92 Å². The molecular formula is C18H21F3N2OS. The Bertz CT molecular complexity index is 736. The summed E-state index contributed by atoms with van der Waals surface area (Å²) in [5.41, 5.74) is 0.653. The SMILES string of the molecule is Cc1nc(CC(C)C)sc1C(=O)N(C)Cc1ccc(C(F)(F)F)cc1. The molecule has 0 unspecified atom stereocenters. The first-order valence-corrected chi connectivity index (χ1v) is 8.77. The van der Waals surface area contributed by atoms with Gasteiger partial charge in [-0.1, -0.05) is 26.0 Å². The molecule has 2 aromatic rings. The van der Waals surface area contributed by atoms with Crippen LogP contribution in [0.25, 0.3) is 0 Å². The van der Waals surface area contributed by atoms with Gasteiger partial charge in [-0.05, 0) is 30.5 Å². The minimum absolute atomic E-state index is 0.162. The topological polar surface area (TPSA) is 33.2 Å². The normalized spacial score (nSPS) is 11.8. The molecule has 0 aliphatic rings. The zero-order valence-corrected chi connectivity index (χ0v) is 15.5. The average molecular weight is 370 g/mol. The van der Waals surface area contributed by atoms with E-state index in [1.54, 1.807) is 14.0 Å². The van der Waals surface area contributed by atoms with E-state index in [0.29, 0.717) is 22.1 Å². The largest absolute Gasteiger partial charge is 0.416 e. The number of halogens is 3. The highest BCUT2D eigenvalue weighted by atomic mass is 32.1. The highest BCUT2D eigenvalue weighted by Gasteiger charge is 2.30. The first-order chi connectivity index (χ1) is 11.6. The first-order valence-electron chi connectivity index (χ1n) is 7.96. The number of amides is 1. The monoisotopic (exact) mass is 370 g/mol. The van der Waals surface area contributed by atoms with Gasteiger partial charge in [0.2, 0.25) is 0 Å². The van der Waals surface area contributed by atoms with E-state index in [2.05, 4.69) is 18.8 Å². The van der Waals surface area contributed by atoms with Gasteiger partial charge < -0.3 is 4.90 Å². The van der Waals surface area contributed by atoms with Crippen molar-refractivity contribution in [2.45, 2.75) is 39.9 Å². The molecule has 0 atom stereocenters. The number of thiazole rings is 1. The van der Waals surface area contributed by atoms with Crippen molar-refractivity contribution >= 4 is 17.2 Å². The van der Waals surface area contributed by atoms with Gasteiger partial charge in [-0.2, -0.15) is 13.2 Å². The molecule has 0 N–H and O–H groups in total. The maximum absolute atomic E-state index is 12.6. The lowest BCUT2D eigenvalue weighted by Gasteiger charge is -2.17. The quantitative estimate of drug-likeness (QED) is 0.747. The van der Waals surface area contributed by atoms with Crippen LogP contribution in [0.4, 0.5) is 13.2 Å². The molecule has 7 heteroatoms. The van der Waals surface area contributed by atoms with Crippen LogP contribution in [-0.4, -0.2) is 22.8 Å². The molecule has 25 heavy (non-hydrogen) atoms. The third-order valence-electron chi connectivity index (χ3n) is 3.67. The van der Waals surface area contributed by atoms with Gasteiger partial charge >= 0.3 is 6.18 Å². The number of aromatic nitrogens is 1. The fourth-order valence-corrected chi connectivity index (χ4v) is 3.68. The highest BCUT2D eigenvalue weighted by molar-refractivity contribution is 7.13. The van der Waals surface area contributed by atoms with Crippen LogP contribution in [0.3, 0.4) is 0 Å². The summed E-state index contributed by atoms with van der Waals surface area (Å²) in [4.78, 5) is 19.1. The summed E-state index contributed by atoms with van der Waals surface area (Å²) in [6, 6.07) is 4.87. The number of nitrogens with zero attached hydrogens (tertiary/aromatic N) is 2. The Morgan fingerprint density at radius 1 is 1.24 bits per heavy atom. The summed E-state index contributed by atoms with van der Waals surface area (Å²) in [7, 11) is 1.64. The Morgan fingerprint density at radius 3 is 2.36 bits per heavy atom. The van der Waals surface area contributed by atoms with E-state index in [9.17, 15) is 18.0 Å². The molecule has 3 nitrogen and oxygen atoms in total. The van der Waals surface area contributed by atoms with Crippen LogP contribution in [0, 0.1) is 12.8 Å². The minimum atomic E-state index is -4.35. The molecule has 1 heterocycles. The number of benzene rings is 1.